The van der Waals surface area contributed by atoms with Crippen LogP contribution in [-0.4, -0.2) is 32.0 Å². The fraction of sp³-hybridized carbons (Fsp3) is 0.500. The van der Waals surface area contributed by atoms with Gasteiger partial charge in [0.05, 0.1) is 20.8 Å². The van der Waals surface area contributed by atoms with E-state index in [0.717, 1.165) is 29.7 Å². The number of rotatable bonds is 3. The van der Waals surface area contributed by atoms with Crippen LogP contribution in [0.2, 0.25) is 0 Å². The molecule has 1 amide bonds. The van der Waals surface area contributed by atoms with Crippen molar-refractivity contribution in [2.24, 2.45) is 0 Å². The molecule has 0 bridgehead atoms. The number of amides is 1. The zero-order chi connectivity index (χ0) is 13.9. The van der Waals surface area contributed by atoms with Crippen LogP contribution in [0.15, 0.2) is 18.2 Å². The number of carbonyl (C=O) groups excluding carboxylic acids is 1. The zero-order valence-corrected chi connectivity index (χ0v) is 11.2. The maximum atomic E-state index is 11.1. The first-order chi connectivity index (χ1) is 9.09. The number of hydrogen-bond acceptors (Lipinski definition) is 4. The molecule has 104 valence electrons. The van der Waals surface area contributed by atoms with Crippen molar-refractivity contribution in [1.29, 1.82) is 0 Å². The van der Waals surface area contributed by atoms with Crippen molar-refractivity contribution in [2.45, 2.75) is 24.9 Å². The van der Waals surface area contributed by atoms with Crippen molar-refractivity contribution in [2.75, 3.05) is 20.8 Å². The molecule has 0 saturated carbocycles. The number of aliphatic hydroxyl groups is 1. The van der Waals surface area contributed by atoms with Gasteiger partial charge in [-0.3, -0.25) is 0 Å². The van der Waals surface area contributed by atoms with E-state index in [1.54, 1.807) is 7.11 Å². The second-order valence-corrected chi connectivity index (χ2v) is 4.75. The smallest absolute Gasteiger partial charge is 0.406 e. The Balaban J connectivity index is 2.22. The van der Waals surface area contributed by atoms with E-state index in [1.807, 2.05) is 18.2 Å². The Morgan fingerprint density at radius 2 is 2.26 bits per heavy atom. The zero-order valence-electron chi connectivity index (χ0n) is 11.2. The second kappa shape index (κ2) is 5.48. The molecule has 0 spiro atoms. The largest absolute Gasteiger partial charge is 0.497 e. The number of hydrogen-bond donors (Lipinski definition) is 2. The van der Waals surface area contributed by atoms with E-state index < -0.39 is 11.7 Å². The van der Waals surface area contributed by atoms with E-state index in [1.165, 1.54) is 7.11 Å². The number of aryl methyl sites for hydroxylation is 1. The molecule has 0 fully saturated rings. The van der Waals surface area contributed by atoms with E-state index in [0.29, 0.717) is 6.42 Å². The second-order valence-electron chi connectivity index (χ2n) is 4.75. The van der Waals surface area contributed by atoms with Gasteiger partial charge in [-0.05, 0) is 42.5 Å². The molecular formula is C14H19NO4. The van der Waals surface area contributed by atoms with Crippen molar-refractivity contribution in [1.82, 2.24) is 5.32 Å². The van der Waals surface area contributed by atoms with Gasteiger partial charge in [0.2, 0.25) is 0 Å². The van der Waals surface area contributed by atoms with Gasteiger partial charge in [0, 0.05) is 0 Å². The van der Waals surface area contributed by atoms with Gasteiger partial charge in [0.1, 0.15) is 11.4 Å². The van der Waals surface area contributed by atoms with Gasteiger partial charge in [0.15, 0.2) is 0 Å². The minimum Gasteiger partial charge on any atom is -0.497 e. The molecule has 0 heterocycles. The SMILES string of the molecule is COC(=O)NCC1(O)CCCc2cc(OC)ccc21. The number of ether oxygens (including phenoxy) is 2. The van der Waals surface area contributed by atoms with Crippen molar-refractivity contribution in [3.63, 3.8) is 0 Å². The fourth-order valence-corrected chi connectivity index (χ4v) is 2.54. The number of carbonyl (C=O) groups is 1. The molecule has 1 atom stereocenters. The average Bonchev–Trinajstić information content (AvgIpc) is 2.44. The maximum Gasteiger partial charge on any atom is 0.406 e. The summed E-state index contributed by atoms with van der Waals surface area (Å²) in [6.07, 6.45) is 1.87. The van der Waals surface area contributed by atoms with Gasteiger partial charge in [-0.2, -0.15) is 0 Å². The van der Waals surface area contributed by atoms with Crippen LogP contribution in [0.4, 0.5) is 4.79 Å². The summed E-state index contributed by atoms with van der Waals surface area (Å²) < 4.78 is 9.72. The highest BCUT2D eigenvalue weighted by Gasteiger charge is 2.34. The summed E-state index contributed by atoms with van der Waals surface area (Å²) >= 11 is 0. The third-order valence-electron chi connectivity index (χ3n) is 3.56. The molecule has 1 aliphatic rings. The Morgan fingerprint density at radius 3 is 2.95 bits per heavy atom. The Hall–Kier alpha value is -1.75. The highest BCUT2D eigenvalue weighted by molar-refractivity contribution is 5.67. The van der Waals surface area contributed by atoms with Crippen molar-refractivity contribution >= 4 is 6.09 Å². The summed E-state index contributed by atoms with van der Waals surface area (Å²) in [5.74, 6) is 0.781. The van der Waals surface area contributed by atoms with Crippen LogP contribution >= 0.6 is 0 Å². The normalized spacial score (nSPS) is 21.4. The Morgan fingerprint density at radius 1 is 1.47 bits per heavy atom. The monoisotopic (exact) mass is 265 g/mol. The number of benzene rings is 1. The average molecular weight is 265 g/mol. The summed E-state index contributed by atoms with van der Waals surface area (Å²) in [4.78, 5) is 11.1. The van der Waals surface area contributed by atoms with Crippen LogP contribution in [0.3, 0.4) is 0 Å². The minimum atomic E-state index is -1.03. The van der Waals surface area contributed by atoms with Crippen LogP contribution in [0.25, 0.3) is 0 Å². The lowest BCUT2D eigenvalue weighted by atomic mass is 9.79. The first kappa shape index (κ1) is 13.7. The standard InChI is InChI=1S/C14H19NO4/c1-18-11-5-6-12-10(8-11)4-3-7-14(12,17)9-15-13(16)19-2/h5-6,8,17H,3-4,7,9H2,1-2H3,(H,15,16). The molecule has 19 heavy (non-hydrogen) atoms. The van der Waals surface area contributed by atoms with Gasteiger partial charge in [0.25, 0.3) is 0 Å². The van der Waals surface area contributed by atoms with Crippen LogP contribution < -0.4 is 10.1 Å². The molecule has 1 aromatic carbocycles. The van der Waals surface area contributed by atoms with E-state index in [2.05, 4.69) is 10.1 Å². The van der Waals surface area contributed by atoms with Gasteiger partial charge in [-0.25, -0.2) is 4.79 Å². The van der Waals surface area contributed by atoms with Gasteiger partial charge in [-0.1, -0.05) is 6.07 Å². The third kappa shape index (κ3) is 2.81. The highest BCUT2D eigenvalue weighted by Crippen LogP contribution is 2.36. The van der Waals surface area contributed by atoms with Crippen LogP contribution in [0.1, 0.15) is 24.0 Å². The van der Waals surface area contributed by atoms with Crippen LogP contribution in [-0.2, 0) is 16.8 Å². The van der Waals surface area contributed by atoms with E-state index >= 15 is 0 Å². The quantitative estimate of drug-likeness (QED) is 0.870. The maximum absolute atomic E-state index is 11.1. The lowest BCUT2D eigenvalue weighted by Crippen LogP contribution is -2.42. The number of nitrogens with one attached hydrogen (secondary N) is 1. The Kier molecular flexibility index (Phi) is 3.95. The van der Waals surface area contributed by atoms with Crippen LogP contribution in [0, 0.1) is 0 Å². The molecular weight excluding hydrogens is 246 g/mol. The summed E-state index contributed by atoms with van der Waals surface area (Å²) in [6, 6.07) is 5.64. The van der Waals surface area contributed by atoms with Gasteiger partial charge in [-0.15, -0.1) is 0 Å². The van der Waals surface area contributed by atoms with Crippen LogP contribution in [0.5, 0.6) is 5.75 Å². The van der Waals surface area contributed by atoms with E-state index in [9.17, 15) is 9.90 Å². The lowest BCUT2D eigenvalue weighted by molar-refractivity contribution is 0.0190. The van der Waals surface area contributed by atoms with Crippen molar-refractivity contribution < 1.29 is 19.4 Å². The number of alkyl carbamates (subject to hydrolysis) is 1. The lowest BCUT2D eigenvalue weighted by Gasteiger charge is -2.34. The van der Waals surface area contributed by atoms with E-state index in [-0.39, 0.29) is 6.54 Å². The predicted octanol–water partition coefficient (Wildman–Crippen LogP) is 1.58. The molecule has 5 nitrogen and oxygen atoms in total. The van der Waals surface area contributed by atoms with Crippen molar-refractivity contribution in [3.8, 4) is 5.75 Å². The third-order valence-corrected chi connectivity index (χ3v) is 3.56. The Bertz CT molecular complexity index is 475. The molecule has 1 aliphatic carbocycles. The molecule has 0 radical (unpaired) electrons. The molecule has 0 aromatic heterocycles. The molecule has 2 rings (SSSR count). The fourth-order valence-electron chi connectivity index (χ4n) is 2.54. The molecule has 0 aliphatic heterocycles. The first-order valence-corrected chi connectivity index (χ1v) is 6.30. The Labute approximate surface area is 112 Å². The topological polar surface area (TPSA) is 67.8 Å². The molecule has 1 unspecified atom stereocenters. The van der Waals surface area contributed by atoms with Gasteiger partial charge >= 0.3 is 6.09 Å². The molecule has 5 heteroatoms. The molecule has 2 N–H and O–H groups in total. The number of fused-ring (bicyclic) bond motifs is 1. The summed E-state index contributed by atoms with van der Waals surface area (Å²) in [7, 11) is 2.93. The van der Waals surface area contributed by atoms with Gasteiger partial charge < -0.3 is 19.9 Å². The first-order valence-electron chi connectivity index (χ1n) is 6.30. The molecule has 0 saturated heterocycles. The molecule has 1 aromatic rings. The summed E-state index contributed by atoms with van der Waals surface area (Å²) in [5, 5.41) is 13.3. The van der Waals surface area contributed by atoms with E-state index in [4.69, 9.17) is 4.74 Å². The summed E-state index contributed by atoms with van der Waals surface area (Å²) in [5.41, 5.74) is 0.893. The summed E-state index contributed by atoms with van der Waals surface area (Å²) in [6.45, 7) is 0.152. The minimum absolute atomic E-state index is 0.152. The van der Waals surface area contributed by atoms with Crippen molar-refractivity contribution in [3.05, 3.63) is 29.3 Å². The predicted molar refractivity (Wildman–Crippen MR) is 70.2 cm³/mol. The highest BCUT2D eigenvalue weighted by atomic mass is 16.5. The number of methoxy groups -OCH3 is 2.